The van der Waals surface area contributed by atoms with Crippen LogP contribution in [0.3, 0.4) is 0 Å². The molecular formula is C17H28N2O2. The maximum Gasteiger partial charge on any atom is 0.220 e. The molecule has 0 radical (unpaired) electrons. The SMILES string of the molecule is CN(CCCNC(=O)CCc1ccco1)C1CCCCC1. The Hall–Kier alpha value is -1.29. The van der Waals surface area contributed by atoms with E-state index in [0.717, 1.165) is 31.3 Å². The highest BCUT2D eigenvalue weighted by molar-refractivity contribution is 5.75. The van der Waals surface area contributed by atoms with Crippen LogP contribution in [0.4, 0.5) is 0 Å². The Morgan fingerprint density at radius 2 is 2.19 bits per heavy atom. The Morgan fingerprint density at radius 3 is 2.90 bits per heavy atom. The van der Waals surface area contributed by atoms with Crippen molar-refractivity contribution < 1.29 is 9.21 Å². The number of carbonyl (C=O) groups excluding carboxylic acids is 1. The van der Waals surface area contributed by atoms with Gasteiger partial charge in [0.15, 0.2) is 0 Å². The van der Waals surface area contributed by atoms with Gasteiger partial charge in [-0.2, -0.15) is 0 Å². The summed E-state index contributed by atoms with van der Waals surface area (Å²) in [5, 5.41) is 3.00. The summed E-state index contributed by atoms with van der Waals surface area (Å²) < 4.78 is 5.22. The zero-order valence-electron chi connectivity index (χ0n) is 13.1. The molecule has 2 rings (SSSR count). The van der Waals surface area contributed by atoms with E-state index in [1.54, 1.807) is 6.26 Å². The van der Waals surface area contributed by atoms with E-state index in [-0.39, 0.29) is 5.91 Å². The summed E-state index contributed by atoms with van der Waals surface area (Å²) in [4.78, 5) is 14.2. The monoisotopic (exact) mass is 292 g/mol. The summed E-state index contributed by atoms with van der Waals surface area (Å²) in [6, 6.07) is 4.52. The Balaban J connectivity index is 1.51. The summed E-state index contributed by atoms with van der Waals surface area (Å²) in [6.07, 6.45) is 10.7. The van der Waals surface area contributed by atoms with Crippen LogP contribution in [-0.4, -0.2) is 37.0 Å². The Bertz CT molecular complexity index is 397. The summed E-state index contributed by atoms with van der Waals surface area (Å²) in [7, 11) is 2.22. The van der Waals surface area contributed by atoms with Crippen molar-refractivity contribution in [3.8, 4) is 0 Å². The van der Waals surface area contributed by atoms with E-state index in [9.17, 15) is 4.79 Å². The van der Waals surface area contributed by atoms with Gasteiger partial charge in [-0.05, 0) is 45.0 Å². The van der Waals surface area contributed by atoms with Crippen molar-refractivity contribution in [2.24, 2.45) is 0 Å². The van der Waals surface area contributed by atoms with Crippen molar-refractivity contribution >= 4 is 5.91 Å². The Labute approximate surface area is 127 Å². The minimum absolute atomic E-state index is 0.117. The molecule has 1 heterocycles. The van der Waals surface area contributed by atoms with Gasteiger partial charge in [0.05, 0.1) is 6.26 Å². The highest BCUT2D eigenvalue weighted by Crippen LogP contribution is 2.21. The number of nitrogens with zero attached hydrogens (tertiary/aromatic N) is 1. The lowest BCUT2D eigenvalue weighted by Gasteiger charge is -2.31. The van der Waals surface area contributed by atoms with Crippen molar-refractivity contribution in [2.45, 2.75) is 57.4 Å². The first kappa shape index (κ1) is 16.1. The van der Waals surface area contributed by atoms with Gasteiger partial charge in [0.25, 0.3) is 0 Å². The van der Waals surface area contributed by atoms with Crippen LogP contribution in [0.25, 0.3) is 0 Å². The van der Waals surface area contributed by atoms with E-state index in [0.29, 0.717) is 12.8 Å². The van der Waals surface area contributed by atoms with Gasteiger partial charge in [-0.25, -0.2) is 0 Å². The molecule has 0 saturated heterocycles. The number of nitrogens with one attached hydrogen (secondary N) is 1. The second kappa shape index (κ2) is 8.88. The van der Waals surface area contributed by atoms with E-state index < -0.39 is 0 Å². The maximum atomic E-state index is 11.7. The quantitative estimate of drug-likeness (QED) is 0.749. The number of furan rings is 1. The molecular weight excluding hydrogens is 264 g/mol. The standard InChI is InChI=1S/C17H28N2O2/c1-19(15-7-3-2-4-8-15)13-6-12-18-17(20)11-10-16-9-5-14-21-16/h5,9,14-15H,2-4,6-8,10-13H2,1H3,(H,18,20). The summed E-state index contributed by atoms with van der Waals surface area (Å²) in [6.45, 7) is 1.84. The molecule has 1 aromatic rings. The van der Waals surface area contributed by atoms with Gasteiger partial charge in [0.1, 0.15) is 5.76 Å². The van der Waals surface area contributed by atoms with Gasteiger partial charge >= 0.3 is 0 Å². The largest absolute Gasteiger partial charge is 0.469 e. The van der Waals surface area contributed by atoms with E-state index in [1.807, 2.05) is 12.1 Å². The number of hydrogen-bond acceptors (Lipinski definition) is 3. The summed E-state index contributed by atoms with van der Waals surface area (Å²) in [5.41, 5.74) is 0. The number of hydrogen-bond donors (Lipinski definition) is 1. The zero-order valence-corrected chi connectivity index (χ0v) is 13.1. The van der Waals surface area contributed by atoms with Crippen LogP contribution in [0.2, 0.25) is 0 Å². The third-order valence-corrected chi connectivity index (χ3v) is 4.39. The third-order valence-electron chi connectivity index (χ3n) is 4.39. The molecule has 0 spiro atoms. The zero-order chi connectivity index (χ0) is 14.9. The molecule has 4 heteroatoms. The van der Waals surface area contributed by atoms with Crippen LogP contribution in [0.15, 0.2) is 22.8 Å². The average molecular weight is 292 g/mol. The number of aryl methyl sites for hydroxylation is 1. The van der Waals surface area contributed by atoms with Gasteiger partial charge in [0, 0.05) is 25.4 Å². The van der Waals surface area contributed by atoms with E-state index in [1.165, 1.54) is 32.1 Å². The van der Waals surface area contributed by atoms with Crippen LogP contribution in [0, 0.1) is 0 Å². The van der Waals surface area contributed by atoms with Crippen molar-refractivity contribution in [3.05, 3.63) is 24.2 Å². The van der Waals surface area contributed by atoms with Crippen LogP contribution in [-0.2, 0) is 11.2 Å². The fourth-order valence-electron chi connectivity index (χ4n) is 3.04. The van der Waals surface area contributed by atoms with Crippen molar-refractivity contribution in [1.82, 2.24) is 10.2 Å². The van der Waals surface area contributed by atoms with Crippen molar-refractivity contribution in [1.29, 1.82) is 0 Å². The lowest BCUT2D eigenvalue weighted by Crippen LogP contribution is -2.35. The van der Waals surface area contributed by atoms with Gasteiger partial charge in [-0.1, -0.05) is 19.3 Å². The average Bonchev–Trinajstić information content (AvgIpc) is 3.03. The highest BCUT2D eigenvalue weighted by Gasteiger charge is 2.17. The van der Waals surface area contributed by atoms with Crippen LogP contribution >= 0.6 is 0 Å². The molecule has 1 amide bonds. The number of rotatable bonds is 8. The second-order valence-electron chi connectivity index (χ2n) is 6.06. The molecule has 1 aliphatic carbocycles. The molecule has 118 valence electrons. The lowest BCUT2D eigenvalue weighted by molar-refractivity contribution is -0.121. The smallest absolute Gasteiger partial charge is 0.220 e. The third kappa shape index (κ3) is 5.92. The van der Waals surface area contributed by atoms with Gasteiger partial charge in [0.2, 0.25) is 5.91 Å². The number of carbonyl (C=O) groups is 1. The van der Waals surface area contributed by atoms with Crippen LogP contribution in [0.5, 0.6) is 0 Å². The van der Waals surface area contributed by atoms with Crippen LogP contribution < -0.4 is 5.32 Å². The summed E-state index contributed by atoms with van der Waals surface area (Å²) in [5.74, 6) is 0.994. The van der Waals surface area contributed by atoms with Crippen molar-refractivity contribution in [2.75, 3.05) is 20.1 Å². The van der Waals surface area contributed by atoms with Crippen LogP contribution in [0.1, 0.15) is 50.7 Å². The van der Waals surface area contributed by atoms with E-state index >= 15 is 0 Å². The fraction of sp³-hybridized carbons (Fsp3) is 0.706. The first-order chi connectivity index (χ1) is 10.3. The second-order valence-corrected chi connectivity index (χ2v) is 6.06. The first-order valence-electron chi connectivity index (χ1n) is 8.25. The minimum atomic E-state index is 0.117. The number of amides is 1. The normalized spacial score (nSPS) is 16.3. The van der Waals surface area contributed by atoms with Gasteiger partial charge in [-0.3, -0.25) is 4.79 Å². The minimum Gasteiger partial charge on any atom is -0.469 e. The molecule has 0 atom stereocenters. The first-order valence-corrected chi connectivity index (χ1v) is 8.25. The molecule has 0 aromatic carbocycles. The highest BCUT2D eigenvalue weighted by atomic mass is 16.3. The molecule has 0 aliphatic heterocycles. The fourth-order valence-corrected chi connectivity index (χ4v) is 3.04. The van der Waals surface area contributed by atoms with Gasteiger partial charge in [-0.15, -0.1) is 0 Å². The molecule has 1 saturated carbocycles. The predicted molar refractivity (Wildman–Crippen MR) is 84.2 cm³/mol. The molecule has 4 nitrogen and oxygen atoms in total. The lowest BCUT2D eigenvalue weighted by atomic mass is 9.94. The van der Waals surface area contributed by atoms with Gasteiger partial charge < -0.3 is 14.6 Å². The molecule has 1 fully saturated rings. The topological polar surface area (TPSA) is 45.5 Å². The molecule has 0 bridgehead atoms. The van der Waals surface area contributed by atoms with Crippen molar-refractivity contribution in [3.63, 3.8) is 0 Å². The Kier molecular flexibility index (Phi) is 6.80. The Morgan fingerprint density at radius 1 is 1.38 bits per heavy atom. The molecule has 1 aromatic heterocycles. The summed E-state index contributed by atoms with van der Waals surface area (Å²) >= 11 is 0. The maximum absolute atomic E-state index is 11.7. The molecule has 0 unspecified atom stereocenters. The molecule has 1 N–H and O–H groups in total. The predicted octanol–water partition coefficient (Wildman–Crippen LogP) is 2.98. The molecule has 21 heavy (non-hydrogen) atoms. The molecule has 1 aliphatic rings. The van der Waals surface area contributed by atoms with E-state index in [4.69, 9.17) is 4.42 Å². The van der Waals surface area contributed by atoms with E-state index in [2.05, 4.69) is 17.3 Å².